The molecule has 5 nitrogen and oxygen atoms in total. The SMILES string of the molecule is O=CN1CC2(CC(n3cncn3)C2)C1. The lowest BCUT2D eigenvalue weighted by atomic mass is 9.61. The summed E-state index contributed by atoms with van der Waals surface area (Å²) in [4.78, 5) is 16.2. The Kier molecular flexibility index (Phi) is 1.45. The first-order valence-corrected chi connectivity index (χ1v) is 4.85. The van der Waals surface area contributed by atoms with Crippen LogP contribution in [0.1, 0.15) is 18.9 Å². The van der Waals surface area contributed by atoms with E-state index in [0.717, 1.165) is 32.3 Å². The molecular weight excluding hydrogens is 180 g/mol. The van der Waals surface area contributed by atoms with Crippen LogP contribution < -0.4 is 0 Å². The number of likely N-dealkylation sites (tertiary alicyclic amines) is 1. The average molecular weight is 192 g/mol. The standard InChI is InChI=1S/C9H12N4O/c14-7-12-3-9(4-12)1-8(2-9)13-6-10-5-11-13/h5-8H,1-4H2. The minimum atomic E-state index is 0.414. The Morgan fingerprint density at radius 2 is 2.21 bits per heavy atom. The van der Waals surface area contributed by atoms with Gasteiger partial charge in [0, 0.05) is 18.5 Å². The predicted octanol–water partition coefficient (Wildman–Crippen LogP) is 0.0714. The second-order valence-electron chi connectivity index (χ2n) is 4.45. The number of amides is 1. The maximum atomic E-state index is 10.4. The Bertz CT molecular complexity index is 334. The highest BCUT2D eigenvalue weighted by molar-refractivity contribution is 5.49. The molecule has 74 valence electrons. The fourth-order valence-corrected chi connectivity index (χ4v) is 2.68. The second-order valence-corrected chi connectivity index (χ2v) is 4.45. The van der Waals surface area contributed by atoms with Crippen molar-refractivity contribution in [3.8, 4) is 0 Å². The van der Waals surface area contributed by atoms with Gasteiger partial charge in [-0.25, -0.2) is 9.67 Å². The summed E-state index contributed by atoms with van der Waals surface area (Å²) in [6.07, 6.45) is 6.56. The molecule has 1 aromatic heterocycles. The van der Waals surface area contributed by atoms with Crippen molar-refractivity contribution >= 4 is 6.41 Å². The molecule has 1 amide bonds. The zero-order chi connectivity index (χ0) is 9.60. The van der Waals surface area contributed by atoms with Crippen molar-refractivity contribution in [3.05, 3.63) is 12.7 Å². The zero-order valence-corrected chi connectivity index (χ0v) is 7.83. The first-order chi connectivity index (χ1) is 6.81. The van der Waals surface area contributed by atoms with Gasteiger partial charge in [0.05, 0.1) is 6.04 Å². The molecule has 2 fully saturated rings. The van der Waals surface area contributed by atoms with Crippen molar-refractivity contribution in [3.63, 3.8) is 0 Å². The van der Waals surface area contributed by atoms with Crippen LogP contribution in [0.25, 0.3) is 0 Å². The van der Waals surface area contributed by atoms with Crippen LogP contribution in [-0.4, -0.2) is 39.2 Å². The molecule has 0 N–H and O–H groups in total. The lowest BCUT2D eigenvalue weighted by Crippen LogP contribution is -2.61. The van der Waals surface area contributed by atoms with E-state index in [0.29, 0.717) is 11.5 Å². The molecule has 1 saturated carbocycles. The molecular formula is C9H12N4O. The number of hydrogen-bond donors (Lipinski definition) is 0. The van der Waals surface area contributed by atoms with Gasteiger partial charge < -0.3 is 4.90 Å². The summed E-state index contributed by atoms with van der Waals surface area (Å²) in [5.74, 6) is 0. The highest BCUT2D eigenvalue weighted by Gasteiger charge is 2.52. The van der Waals surface area contributed by atoms with Crippen LogP contribution in [-0.2, 0) is 4.79 Å². The summed E-state index contributed by atoms with van der Waals surface area (Å²) in [5, 5.41) is 4.12. The molecule has 0 atom stereocenters. The molecule has 14 heavy (non-hydrogen) atoms. The van der Waals surface area contributed by atoms with E-state index in [9.17, 15) is 4.79 Å². The van der Waals surface area contributed by atoms with Crippen LogP contribution in [0.15, 0.2) is 12.7 Å². The van der Waals surface area contributed by atoms with Crippen LogP contribution in [0.5, 0.6) is 0 Å². The Morgan fingerprint density at radius 1 is 1.43 bits per heavy atom. The van der Waals surface area contributed by atoms with Crippen molar-refractivity contribution in [2.24, 2.45) is 5.41 Å². The van der Waals surface area contributed by atoms with Gasteiger partial charge in [0.25, 0.3) is 0 Å². The lowest BCUT2D eigenvalue weighted by Gasteiger charge is -2.57. The largest absolute Gasteiger partial charge is 0.344 e. The minimum absolute atomic E-state index is 0.414. The summed E-state index contributed by atoms with van der Waals surface area (Å²) in [5.41, 5.74) is 0.414. The Morgan fingerprint density at radius 3 is 2.79 bits per heavy atom. The van der Waals surface area contributed by atoms with Crippen molar-refractivity contribution in [1.29, 1.82) is 0 Å². The van der Waals surface area contributed by atoms with Crippen LogP contribution in [0.4, 0.5) is 0 Å². The highest BCUT2D eigenvalue weighted by atomic mass is 16.1. The smallest absolute Gasteiger partial charge is 0.209 e. The molecule has 0 bridgehead atoms. The second kappa shape index (κ2) is 2.56. The molecule has 5 heteroatoms. The van der Waals surface area contributed by atoms with Gasteiger partial charge in [0.2, 0.25) is 6.41 Å². The van der Waals surface area contributed by atoms with Crippen molar-refractivity contribution in [2.75, 3.05) is 13.1 Å². The third-order valence-corrected chi connectivity index (χ3v) is 3.37. The molecule has 1 aliphatic heterocycles. The normalized spacial score (nSPS) is 24.4. The van der Waals surface area contributed by atoms with Crippen molar-refractivity contribution < 1.29 is 4.79 Å². The summed E-state index contributed by atoms with van der Waals surface area (Å²) in [6.45, 7) is 1.86. The third kappa shape index (κ3) is 0.981. The zero-order valence-electron chi connectivity index (χ0n) is 7.83. The molecule has 1 aliphatic carbocycles. The van der Waals surface area contributed by atoms with Gasteiger partial charge >= 0.3 is 0 Å². The maximum Gasteiger partial charge on any atom is 0.209 e. The Hall–Kier alpha value is -1.39. The molecule has 0 unspecified atom stereocenters. The fourth-order valence-electron chi connectivity index (χ4n) is 2.68. The van der Waals surface area contributed by atoms with Gasteiger partial charge in [-0.15, -0.1) is 0 Å². The topological polar surface area (TPSA) is 51.0 Å². The Balaban J connectivity index is 1.60. The molecule has 1 saturated heterocycles. The van der Waals surface area contributed by atoms with Crippen molar-refractivity contribution in [1.82, 2.24) is 19.7 Å². The van der Waals surface area contributed by atoms with E-state index in [4.69, 9.17) is 0 Å². The van der Waals surface area contributed by atoms with E-state index in [1.54, 1.807) is 12.7 Å². The van der Waals surface area contributed by atoms with Gasteiger partial charge in [0.1, 0.15) is 12.7 Å². The maximum absolute atomic E-state index is 10.4. The van der Waals surface area contributed by atoms with E-state index in [1.165, 1.54) is 0 Å². The van der Waals surface area contributed by atoms with Gasteiger partial charge in [-0.05, 0) is 12.8 Å². The quantitative estimate of drug-likeness (QED) is 0.623. The molecule has 2 aliphatic rings. The fraction of sp³-hybridized carbons (Fsp3) is 0.667. The summed E-state index contributed by atoms with van der Waals surface area (Å²) in [7, 11) is 0. The first kappa shape index (κ1) is 7.96. The predicted molar refractivity (Wildman–Crippen MR) is 48.4 cm³/mol. The molecule has 0 aromatic carbocycles. The number of carbonyl (C=O) groups excluding carboxylic acids is 1. The highest BCUT2D eigenvalue weighted by Crippen LogP contribution is 2.53. The van der Waals surface area contributed by atoms with Gasteiger partial charge in [0.15, 0.2) is 0 Å². The molecule has 0 radical (unpaired) electrons. The molecule has 1 spiro atoms. The third-order valence-electron chi connectivity index (χ3n) is 3.37. The number of nitrogens with zero attached hydrogens (tertiary/aromatic N) is 4. The van der Waals surface area contributed by atoms with E-state index in [1.807, 2.05) is 9.58 Å². The minimum Gasteiger partial charge on any atom is -0.344 e. The van der Waals surface area contributed by atoms with Crippen LogP contribution >= 0.6 is 0 Å². The van der Waals surface area contributed by atoms with E-state index in [2.05, 4.69) is 10.1 Å². The first-order valence-electron chi connectivity index (χ1n) is 4.85. The average Bonchev–Trinajstić information content (AvgIpc) is 2.52. The summed E-state index contributed by atoms with van der Waals surface area (Å²) >= 11 is 0. The number of hydrogen-bond acceptors (Lipinski definition) is 3. The van der Waals surface area contributed by atoms with Crippen molar-refractivity contribution in [2.45, 2.75) is 18.9 Å². The van der Waals surface area contributed by atoms with Crippen LogP contribution in [0.2, 0.25) is 0 Å². The molecule has 2 heterocycles. The van der Waals surface area contributed by atoms with Gasteiger partial charge in [-0.1, -0.05) is 0 Å². The van der Waals surface area contributed by atoms with Crippen LogP contribution in [0, 0.1) is 5.41 Å². The van der Waals surface area contributed by atoms with E-state index < -0.39 is 0 Å². The van der Waals surface area contributed by atoms with Crippen LogP contribution in [0.3, 0.4) is 0 Å². The number of aromatic nitrogens is 3. The number of carbonyl (C=O) groups is 1. The monoisotopic (exact) mass is 192 g/mol. The van der Waals surface area contributed by atoms with E-state index in [-0.39, 0.29) is 0 Å². The lowest BCUT2D eigenvalue weighted by molar-refractivity contribution is -0.140. The Labute approximate surface area is 81.7 Å². The van der Waals surface area contributed by atoms with Gasteiger partial charge in [-0.2, -0.15) is 5.10 Å². The molecule has 1 aromatic rings. The summed E-state index contributed by atoms with van der Waals surface area (Å²) in [6, 6.07) is 0.506. The van der Waals surface area contributed by atoms with E-state index >= 15 is 0 Å². The van der Waals surface area contributed by atoms with Gasteiger partial charge in [-0.3, -0.25) is 4.79 Å². The molecule has 3 rings (SSSR count). The number of rotatable bonds is 2. The summed E-state index contributed by atoms with van der Waals surface area (Å²) < 4.78 is 1.93.